The Balaban J connectivity index is 1.37. The minimum Gasteiger partial charge on any atom is -0.454 e. The van der Waals surface area contributed by atoms with E-state index < -0.39 is 0 Å². The molecule has 0 unspecified atom stereocenters. The minimum atomic E-state index is -0.291. The second-order valence-corrected chi connectivity index (χ2v) is 6.38. The number of fused-ring (bicyclic) bond motifs is 1. The van der Waals surface area contributed by atoms with Crippen LogP contribution in [0.2, 0.25) is 0 Å². The van der Waals surface area contributed by atoms with Gasteiger partial charge in [-0.15, -0.1) is 11.3 Å². The largest absolute Gasteiger partial charge is 0.454 e. The van der Waals surface area contributed by atoms with Gasteiger partial charge in [-0.25, -0.2) is 4.79 Å². The Morgan fingerprint density at radius 1 is 1.16 bits per heavy atom. The highest BCUT2D eigenvalue weighted by molar-refractivity contribution is 7.13. The number of carbonyl (C=O) groups is 1. The van der Waals surface area contributed by atoms with E-state index in [2.05, 4.69) is 15.6 Å². The van der Waals surface area contributed by atoms with Gasteiger partial charge in [-0.1, -0.05) is 6.07 Å². The van der Waals surface area contributed by atoms with Crippen LogP contribution in [0.5, 0.6) is 11.5 Å². The molecule has 3 heterocycles. The van der Waals surface area contributed by atoms with Crippen LogP contribution in [0.15, 0.2) is 54.2 Å². The zero-order chi connectivity index (χ0) is 17.1. The average Bonchev–Trinajstić information content (AvgIpc) is 3.31. The van der Waals surface area contributed by atoms with Crippen LogP contribution in [-0.2, 0) is 6.54 Å². The fourth-order valence-corrected chi connectivity index (χ4v) is 3.20. The summed E-state index contributed by atoms with van der Waals surface area (Å²) in [6.45, 7) is 0.598. The molecule has 1 aliphatic rings. The lowest BCUT2D eigenvalue weighted by Crippen LogP contribution is -2.28. The summed E-state index contributed by atoms with van der Waals surface area (Å²) in [7, 11) is 0. The molecule has 3 aromatic rings. The van der Waals surface area contributed by atoms with Crippen molar-refractivity contribution in [2.24, 2.45) is 0 Å². The normalized spacial score (nSPS) is 12.0. The number of rotatable bonds is 4. The highest BCUT2D eigenvalue weighted by Crippen LogP contribution is 2.34. The molecule has 0 aliphatic carbocycles. The van der Waals surface area contributed by atoms with Crippen LogP contribution in [0.1, 0.15) is 5.56 Å². The molecule has 0 saturated heterocycles. The van der Waals surface area contributed by atoms with E-state index in [1.54, 1.807) is 35.7 Å². The summed E-state index contributed by atoms with van der Waals surface area (Å²) in [4.78, 5) is 17.5. The van der Waals surface area contributed by atoms with Crippen molar-refractivity contribution in [2.75, 3.05) is 12.1 Å². The number of aromatic nitrogens is 1. The topological polar surface area (TPSA) is 72.5 Å². The molecule has 1 aliphatic heterocycles. The number of nitrogens with zero attached hydrogens (tertiary/aromatic N) is 1. The summed E-state index contributed by atoms with van der Waals surface area (Å²) in [6, 6.07) is 11.1. The first-order valence-corrected chi connectivity index (χ1v) is 8.58. The maximum Gasteiger partial charge on any atom is 0.319 e. The van der Waals surface area contributed by atoms with Crippen LogP contribution in [-0.4, -0.2) is 17.8 Å². The van der Waals surface area contributed by atoms with Crippen molar-refractivity contribution in [1.82, 2.24) is 10.3 Å². The molecule has 7 heteroatoms. The number of benzene rings is 1. The third-order valence-corrected chi connectivity index (χ3v) is 4.60. The first-order valence-electron chi connectivity index (χ1n) is 7.70. The van der Waals surface area contributed by atoms with Gasteiger partial charge in [0.2, 0.25) is 6.79 Å². The molecule has 2 N–H and O–H groups in total. The van der Waals surface area contributed by atoms with Crippen LogP contribution >= 0.6 is 11.3 Å². The number of ether oxygens (including phenoxy) is 2. The van der Waals surface area contributed by atoms with Gasteiger partial charge >= 0.3 is 6.03 Å². The highest BCUT2D eigenvalue weighted by atomic mass is 32.1. The van der Waals surface area contributed by atoms with Gasteiger partial charge < -0.3 is 20.1 Å². The monoisotopic (exact) mass is 353 g/mol. The maximum absolute atomic E-state index is 12.1. The number of pyridine rings is 1. The van der Waals surface area contributed by atoms with Gasteiger partial charge in [0.05, 0.1) is 0 Å². The van der Waals surface area contributed by atoms with Gasteiger partial charge in [-0.2, -0.15) is 0 Å². The van der Waals surface area contributed by atoms with E-state index in [4.69, 9.17) is 9.47 Å². The Morgan fingerprint density at radius 3 is 2.96 bits per heavy atom. The predicted molar refractivity (Wildman–Crippen MR) is 96.0 cm³/mol. The number of urea groups is 1. The quantitative estimate of drug-likeness (QED) is 0.747. The number of nitrogens with one attached hydrogen (secondary N) is 2. The molecule has 4 rings (SSSR count). The number of anilines is 1. The van der Waals surface area contributed by atoms with Gasteiger partial charge in [0.15, 0.2) is 11.5 Å². The molecule has 0 saturated carbocycles. The van der Waals surface area contributed by atoms with Crippen LogP contribution in [0.4, 0.5) is 10.5 Å². The van der Waals surface area contributed by atoms with Crippen molar-refractivity contribution in [2.45, 2.75) is 6.54 Å². The molecule has 0 spiro atoms. The third-order valence-electron chi connectivity index (χ3n) is 3.68. The molecule has 6 nitrogen and oxygen atoms in total. The first kappa shape index (κ1) is 15.5. The molecule has 0 fully saturated rings. The van der Waals surface area contributed by atoms with E-state index in [-0.39, 0.29) is 12.8 Å². The van der Waals surface area contributed by atoms with E-state index in [0.29, 0.717) is 23.7 Å². The van der Waals surface area contributed by atoms with Crippen LogP contribution in [0, 0.1) is 0 Å². The van der Waals surface area contributed by atoms with E-state index in [1.807, 2.05) is 29.8 Å². The van der Waals surface area contributed by atoms with E-state index in [0.717, 1.165) is 16.0 Å². The number of carbonyl (C=O) groups excluding carboxylic acids is 1. The molecule has 2 amide bonds. The van der Waals surface area contributed by atoms with Gasteiger partial charge in [0.25, 0.3) is 0 Å². The standard InChI is InChI=1S/C18H15N3O3S/c22-18(21-14-3-4-15-16(7-14)24-11-23-15)20-9-12-6-13(10-19-8-12)17-2-1-5-25-17/h1-8,10H,9,11H2,(H2,20,21,22). The van der Waals surface area contributed by atoms with Crippen molar-refractivity contribution in [1.29, 1.82) is 0 Å². The molecular formula is C18H15N3O3S. The Labute approximate surface area is 148 Å². The lowest BCUT2D eigenvalue weighted by Gasteiger charge is -2.09. The van der Waals surface area contributed by atoms with Gasteiger partial charge in [0.1, 0.15) is 0 Å². The number of hydrogen-bond acceptors (Lipinski definition) is 5. The second-order valence-electron chi connectivity index (χ2n) is 5.43. The second kappa shape index (κ2) is 6.82. The summed E-state index contributed by atoms with van der Waals surface area (Å²) in [6.07, 6.45) is 3.57. The van der Waals surface area contributed by atoms with Gasteiger partial charge in [0, 0.05) is 41.1 Å². The molecular weight excluding hydrogens is 338 g/mol. The lowest BCUT2D eigenvalue weighted by atomic mass is 10.2. The van der Waals surface area contributed by atoms with Crippen molar-refractivity contribution in [3.05, 3.63) is 59.7 Å². The lowest BCUT2D eigenvalue weighted by molar-refractivity contribution is 0.174. The van der Waals surface area contributed by atoms with Gasteiger partial charge in [-0.3, -0.25) is 4.98 Å². The average molecular weight is 353 g/mol. The molecule has 0 bridgehead atoms. The molecule has 126 valence electrons. The summed E-state index contributed by atoms with van der Waals surface area (Å²) in [5.74, 6) is 1.31. The van der Waals surface area contributed by atoms with Crippen molar-refractivity contribution >= 4 is 23.1 Å². The van der Waals surface area contributed by atoms with Crippen LogP contribution in [0.3, 0.4) is 0 Å². The number of hydrogen-bond donors (Lipinski definition) is 2. The Hall–Kier alpha value is -3.06. The zero-order valence-electron chi connectivity index (χ0n) is 13.2. The summed E-state index contributed by atoms with van der Waals surface area (Å²) in [5.41, 5.74) is 2.63. The van der Waals surface area contributed by atoms with E-state index in [1.165, 1.54) is 0 Å². The fourth-order valence-electron chi connectivity index (χ4n) is 2.49. The highest BCUT2D eigenvalue weighted by Gasteiger charge is 2.14. The van der Waals surface area contributed by atoms with E-state index in [9.17, 15) is 4.79 Å². The summed E-state index contributed by atoms with van der Waals surface area (Å²) >= 11 is 1.66. The number of thiophene rings is 1. The fraction of sp³-hybridized carbons (Fsp3) is 0.111. The van der Waals surface area contributed by atoms with Crippen molar-refractivity contribution in [3.8, 4) is 21.9 Å². The minimum absolute atomic E-state index is 0.207. The number of amides is 2. The Bertz CT molecular complexity index is 896. The molecule has 0 atom stereocenters. The molecule has 2 aromatic heterocycles. The maximum atomic E-state index is 12.1. The first-order chi connectivity index (χ1) is 12.3. The molecule has 25 heavy (non-hydrogen) atoms. The Kier molecular flexibility index (Phi) is 4.22. The Morgan fingerprint density at radius 2 is 2.08 bits per heavy atom. The summed E-state index contributed by atoms with van der Waals surface area (Å²) < 4.78 is 10.5. The molecule has 1 aromatic carbocycles. The zero-order valence-corrected chi connectivity index (χ0v) is 14.0. The smallest absolute Gasteiger partial charge is 0.319 e. The SMILES string of the molecule is O=C(NCc1cncc(-c2cccs2)c1)Nc1ccc2c(c1)OCO2. The van der Waals surface area contributed by atoms with E-state index >= 15 is 0 Å². The predicted octanol–water partition coefficient (Wildman–Crippen LogP) is 3.86. The van der Waals surface area contributed by atoms with Gasteiger partial charge in [-0.05, 0) is 35.2 Å². The summed E-state index contributed by atoms with van der Waals surface area (Å²) in [5, 5.41) is 7.64. The molecule has 0 radical (unpaired) electrons. The van der Waals surface area contributed by atoms with Crippen molar-refractivity contribution in [3.63, 3.8) is 0 Å². The van der Waals surface area contributed by atoms with Crippen LogP contribution < -0.4 is 20.1 Å². The van der Waals surface area contributed by atoms with Crippen molar-refractivity contribution < 1.29 is 14.3 Å². The third kappa shape index (κ3) is 3.56. The van der Waals surface area contributed by atoms with Crippen LogP contribution in [0.25, 0.3) is 10.4 Å².